The number of carbonyl (C=O) groups is 1. The summed E-state index contributed by atoms with van der Waals surface area (Å²) in [5.41, 5.74) is 0.800. The van der Waals surface area contributed by atoms with E-state index < -0.39 is 11.8 Å². The highest BCUT2D eigenvalue weighted by Gasteiger charge is 2.11. The van der Waals surface area contributed by atoms with Crippen molar-refractivity contribution in [1.29, 1.82) is 0 Å². The summed E-state index contributed by atoms with van der Waals surface area (Å²) in [4.78, 5) is 19.1. The minimum atomic E-state index is -1.10. The number of aryl methyl sites for hydroxylation is 1. The smallest absolute Gasteiger partial charge is 0.335 e. The van der Waals surface area contributed by atoms with Crippen LogP contribution in [0.15, 0.2) is 40.5 Å². The van der Waals surface area contributed by atoms with Crippen molar-refractivity contribution in [3.05, 3.63) is 47.5 Å². The Morgan fingerprint density at radius 3 is 2.83 bits per heavy atom. The molecule has 0 aliphatic carbocycles. The van der Waals surface area contributed by atoms with Crippen molar-refractivity contribution < 1.29 is 14.3 Å². The molecule has 2 rings (SSSR count). The van der Waals surface area contributed by atoms with Crippen molar-refractivity contribution in [3.8, 4) is 0 Å². The van der Waals surface area contributed by atoms with Crippen LogP contribution in [0.5, 0.6) is 0 Å². The Labute approximate surface area is 107 Å². The highest BCUT2D eigenvalue weighted by molar-refractivity contribution is 7.99. The molecule has 0 fully saturated rings. The van der Waals surface area contributed by atoms with Gasteiger partial charge in [0.15, 0.2) is 5.16 Å². The fraction of sp³-hybridized carbons (Fsp3) is 0.0833. The zero-order valence-electron chi connectivity index (χ0n) is 9.42. The third-order valence-corrected chi connectivity index (χ3v) is 3.06. The lowest BCUT2D eigenvalue weighted by Gasteiger charge is -2.03. The highest BCUT2D eigenvalue weighted by Crippen LogP contribution is 2.28. The van der Waals surface area contributed by atoms with Gasteiger partial charge in [-0.25, -0.2) is 19.2 Å². The molecule has 0 bridgehead atoms. The predicted molar refractivity (Wildman–Crippen MR) is 64.3 cm³/mol. The van der Waals surface area contributed by atoms with Crippen molar-refractivity contribution in [3.63, 3.8) is 0 Å². The van der Waals surface area contributed by atoms with E-state index in [1.165, 1.54) is 12.1 Å². The molecule has 2 aromatic rings. The predicted octanol–water partition coefficient (Wildman–Crippen LogP) is 2.77. The van der Waals surface area contributed by atoms with Crippen molar-refractivity contribution >= 4 is 17.7 Å². The van der Waals surface area contributed by atoms with E-state index in [1.54, 1.807) is 19.2 Å². The van der Waals surface area contributed by atoms with Gasteiger partial charge in [-0.15, -0.1) is 0 Å². The van der Waals surface area contributed by atoms with Gasteiger partial charge in [-0.2, -0.15) is 0 Å². The van der Waals surface area contributed by atoms with Crippen LogP contribution < -0.4 is 0 Å². The van der Waals surface area contributed by atoms with Gasteiger partial charge in [-0.1, -0.05) is 0 Å². The summed E-state index contributed by atoms with van der Waals surface area (Å²) in [6.45, 7) is 1.80. The second-order valence-corrected chi connectivity index (χ2v) is 4.54. The normalized spacial score (nSPS) is 10.3. The fourth-order valence-corrected chi connectivity index (χ4v) is 2.14. The van der Waals surface area contributed by atoms with E-state index in [2.05, 4.69) is 9.97 Å². The van der Waals surface area contributed by atoms with Crippen LogP contribution >= 0.6 is 11.8 Å². The lowest BCUT2D eigenvalue weighted by molar-refractivity contribution is 0.0696. The maximum Gasteiger partial charge on any atom is 0.335 e. The molecule has 0 saturated heterocycles. The van der Waals surface area contributed by atoms with Crippen LogP contribution in [0.1, 0.15) is 16.1 Å². The van der Waals surface area contributed by atoms with E-state index in [4.69, 9.17) is 5.11 Å². The van der Waals surface area contributed by atoms with Gasteiger partial charge in [0.2, 0.25) is 0 Å². The Kier molecular flexibility index (Phi) is 3.57. The molecule has 0 spiro atoms. The summed E-state index contributed by atoms with van der Waals surface area (Å²) in [6, 6.07) is 5.35. The molecule has 0 amide bonds. The Hall–Kier alpha value is -1.95. The molecule has 0 atom stereocenters. The number of aromatic carboxylic acids is 1. The molecule has 0 radical (unpaired) electrons. The van der Waals surface area contributed by atoms with E-state index in [9.17, 15) is 9.18 Å². The van der Waals surface area contributed by atoms with Crippen LogP contribution in [-0.2, 0) is 0 Å². The van der Waals surface area contributed by atoms with Crippen LogP contribution in [0.25, 0.3) is 0 Å². The minimum Gasteiger partial charge on any atom is -0.478 e. The van der Waals surface area contributed by atoms with Crippen molar-refractivity contribution in [2.24, 2.45) is 0 Å². The number of benzene rings is 1. The largest absolute Gasteiger partial charge is 0.478 e. The van der Waals surface area contributed by atoms with Crippen LogP contribution in [0, 0.1) is 12.7 Å². The van der Waals surface area contributed by atoms with Crippen molar-refractivity contribution in [2.75, 3.05) is 0 Å². The average Bonchev–Trinajstić information content (AvgIpc) is 2.31. The van der Waals surface area contributed by atoms with Crippen LogP contribution in [0.4, 0.5) is 4.39 Å². The second kappa shape index (κ2) is 5.14. The topological polar surface area (TPSA) is 63.1 Å². The molecule has 1 aromatic heterocycles. The number of hydrogen-bond donors (Lipinski definition) is 1. The van der Waals surface area contributed by atoms with E-state index in [0.717, 1.165) is 23.5 Å². The number of nitrogens with zero attached hydrogens (tertiary/aromatic N) is 2. The third-order valence-electron chi connectivity index (χ3n) is 2.15. The third kappa shape index (κ3) is 2.84. The van der Waals surface area contributed by atoms with E-state index in [0.29, 0.717) is 5.16 Å². The van der Waals surface area contributed by atoms with Gasteiger partial charge in [0, 0.05) is 11.9 Å². The summed E-state index contributed by atoms with van der Waals surface area (Å²) in [5.74, 6) is -1.59. The first-order chi connectivity index (χ1) is 8.56. The Bertz CT molecular complexity index is 604. The van der Waals surface area contributed by atoms with Gasteiger partial charge >= 0.3 is 5.97 Å². The summed E-state index contributed by atoms with van der Waals surface area (Å²) in [6.07, 6.45) is 1.57. The van der Waals surface area contributed by atoms with Crippen molar-refractivity contribution in [1.82, 2.24) is 9.97 Å². The molecule has 1 heterocycles. The SMILES string of the molecule is Cc1ccnc(Sc2cc(C(=O)O)ccc2F)n1. The van der Waals surface area contributed by atoms with E-state index in [1.807, 2.05) is 0 Å². The van der Waals surface area contributed by atoms with Gasteiger partial charge in [0.1, 0.15) is 5.82 Å². The van der Waals surface area contributed by atoms with Gasteiger partial charge in [-0.3, -0.25) is 0 Å². The van der Waals surface area contributed by atoms with Gasteiger partial charge in [-0.05, 0) is 43.0 Å². The van der Waals surface area contributed by atoms with Crippen LogP contribution in [-0.4, -0.2) is 21.0 Å². The molecule has 0 aliphatic heterocycles. The molecule has 0 saturated carbocycles. The molecule has 0 aliphatic rings. The number of carboxylic acids is 1. The maximum absolute atomic E-state index is 13.5. The zero-order valence-corrected chi connectivity index (χ0v) is 10.2. The molecule has 18 heavy (non-hydrogen) atoms. The lowest BCUT2D eigenvalue weighted by atomic mass is 10.2. The molecule has 1 aromatic carbocycles. The van der Waals surface area contributed by atoms with Gasteiger partial charge < -0.3 is 5.11 Å². The summed E-state index contributed by atoms with van der Waals surface area (Å²) in [5, 5.41) is 9.23. The first-order valence-electron chi connectivity index (χ1n) is 5.06. The number of carboxylic acid groups (broad SMARTS) is 1. The Morgan fingerprint density at radius 2 is 2.17 bits per heavy atom. The molecule has 1 N–H and O–H groups in total. The summed E-state index contributed by atoms with van der Waals surface area (Å²) in [7, 11) is 0. The van der Waals surface area contributed by atoms with E-state index >= 15 is 0 Å². The molecular weight excluding hydrogens is 255 g/mol. The fourth-order valence-electron chi connectivity index (χ4n) is 1.29. The van der Waals surface area contributed by atoms with Crippen LogP contribution in [0.3, 0.4) is 0 Å². The monoisotopic (exact) mass is 264 g/mol. The average molecular weight is 264 g/mol. The maximum atomic E-state index is 13.5. The minimum absolute atomic E-state index is 0.0338. The number of hydrogen-bond acceptors (Lipinski definition) is 4. The van der Waals surface area contributed by atoms with E-state index in [-0.39, 0.29) is 10.5 Å². The van der Waals surface area contributed by atoms with Crippen LogP contribution in [0.2, 0.25) is 0 Å². The van der Waals surface area contributed by atoms with Gasteiger partial charge in [0.05, 0.1) is 10.5 Å². The standard InChI is InChI=1S/C12H9FN2O2S/c1-7-4-5-14-12(15-7)18-10-6-8(11(16)17)2-3-9(10)13/h2-6H,1H3,(H,16,17). The Balaban J connectivity index is 2.33. The number of halogens is 1. The Morgan fingerprint density at radius 1 is 1.39 bits per heavy atom. The first-order valence-corrected chi connectivity index (χ1v) is 5.88. The number of rotatable bonds is 3. The van der Waals surface area contributed by atoms with Crippen molar-refractivity contribution in [2.45, 2.75) is 17.0 Å². The lowest BCUT2D eigenvalue weighted by Crippen LogP contribution is -1.97. The highest BCUT2D eigenvalue weighted by atomic mass is 32.2. The first kappa shape index (κ1) is 12.5. The summed E-state index contributed by atoms with van der Waals surface area (Å²) >= 11 is 0.999. The van der Waals surface area contributed by atoms with Gasteiger partial charge in [0.25, 0.3) is 0 Å². The summed E-state index contributed by atoms with van der Waals surface area (Å²) < 4.78 is 13.5. The molecular formula is C12H9FN2O2S. The molecule has 6 heteroatoms. The molecule has 4 nitrogen and oxygen atoms in total. The zero-order chi connectivity index (χ0) is 13.1. The number of aromatic nitrogens is 2. The molecule has 0 unspecified atom stereocenters. The quantitative estimate of drug-likeness (QED) is 0.864. The second-order valence-electron chi connectivity index (χ2n) is 3.53. The molecule has 92 valence electrons.